The quantitative estimate of drug-likeness (QED) is 0.931. The third-order valence-corrected chi connectivity index (χ3v) is 3.63. The van der Waals surface area contributed by atoms with E-state index in [1.807, 2.05) is 12.1 Å². The van der Waals surface area contributed by atoms with Gasteiger partial charge in [-0.2, -0.15) is 0 Å². The molecule has 2 aromatic rings. The average Bonchev–Trinajstić information content (AvgIpc) is 2.97. The lowest BCUT2D eigenvalue weighted by Crippen LogP contribution is -2.19. The predicted octanol–water partition coefficient (Wildman–Crippen LogP) is 2.48. The van der Waals surface area contributed by atoms with Crippen LogP contribution in [0.25, 0.3) is 11.0 Å². The standard InChI is InChI=1S/C15H21N3O2/c1-9(2)4-15-17-11-5-13-14(20-8-19-13)6-12(11)18(15)10(3)7-16/h5-6,9-10H,4,7-8,16H2,1-3H3. The monoisotopic (exact) mass is 275 g/mol. The molecule has 5 heteroatoms. The van der Waals surface area contributed by atoms with Crippen LogP contribution in [0, 0.1) is 5.92 Å². The van der Waals surface area contributed by atoms with Crippen molar-refractivity contribution in [3.05, 3.63) is 18.0 Å². The second-order valence-corrected chi connectivity index (χ2v) is 5.77. The molecule has 0 amide bonds. The molecule has 5 nitrogen and oxygen atoms in total. The molecule has 3 rings (SSSR count). The van der Waals surface area contributed by atoms with Gasteiger partial charge in [0.05, 0.1) is 11.0 Å². The van der Waals surface area contributed by atoms with Gasteiger partial charge in [-0.3, -0.25) is 0 Å². The summed E-state index contributed by atoms with van der Waals surface area (Å²) in [5.74, 6) is 3.20. The molecule has 0 saturated heterocycles. The maximum atomic E-state index is 5.86. The van der Waals surface area contributed by atoms with Crippen molar-refractivity contribution in [1.29, 1.82) is 0 Å². The van der Waals surface area contributed by atoms with Crippen LogP contribution in [0.15, 0.2) is 12.1 Å². The molecule has 0 spiro atoms. The Labute approximate surface area is 118 Å². The van der Waals surface area contributed by atoms with Crippen molar-refractivity contribution in [3.63, 3.8) is 0 Å². The smallest absolute Gasteiger partial charge is 0.231 e. The van der Waals surface area contributed by atoms with Gasteiger partial charge in [0.25, 0.3) is 0 Å². The number of rotatable bonds is 4. The number of nitrogens with zero attached hydrogens (tertiary/aromatic N) is 2. The first-order chi connectivity index (χ1) is 9.60. The van der Waals surface area contributed by atoms with E-state index in [-0.39, 0.29) is 12.8 Å². The Bertz CT molecular complexity index is 634. The van der Waals surface area contributed by atoms with E-state index in [2.05, 4.69) is 25.3 Å². The zero-order chi connectivity index (χ0) is 14.3. The molecule has 0 saturated carbocycles. The van der Waals surface area contributed by atoms with Crippen molar-refractivity contribution >= 4 is 11.0 Å². The number of benzene rings is 1. The molecule has 0 radical (unpaired) electrons. The van der Waals surface area contributed by atoms with E-state index >= 15 is 0 Å². The first-order valence-electron chi connectivity index (χ1n) is 7.10. The highest BCUT2D eigenvalue weighted by Gasteiger charge is 2.21. The van der Waals surface area contributed by atoms with E-state index in [0.717, 1.165) is 34.8 Å². The summed E-state index contributed by atoms with van der Waals surface area (Å²) >= 11 is 0. The summed E-state index contributed by atoms with van der Waals surface area (Å²) in [4.78, 5) is 4.77. The molecule has 2 heterocycles. The largest absolute Gasteiger partial charge is 0.454 e. The number of ether oxygens (including phenoxy) is 2. The fraction of sp³-hybridized carbons (Fsp3) is 0.533. The highest BCUT2D eigenvalue weighted by atomic mass is 16.7. The first-order valence-corrected chi connectivity index (χ1v) is 7.10. The average molecular weight is 275 g/mol. The topological polar surface area (TPSA) is 62.3 Å². The minimum absolute atomic E-state index is 0.217. The predicted molar refractivity (Wildman–Crippen MR) is 78.2 cm³/mol. The number of hydrogen-bond acceptors (Lipinski definition) is 4. The zero-order valence-corrected chi connectivity index (χ0v) is 12.2. The fourth-order valence-electron chi connectivity index (χ4n) is 2.64. The Morgan fingerprint density at radius 3 is 2.60 bits per heavy atom. The fourth-order valence-corrected chi connectivity index (χ4v) is 2.64. The first kappa shape index (κ1) is 13.2. The number of nitrogens with two attached hydrogens (primary N) is 1. The van der Waals surface area contributed by atoms with Gasteiger partial charge in [-0.25, -0.2) is 4.98 Å². The molecule has 1 aromatic carbocycles. The Morgan fingerprint density at radius 1 is 1.25 bits per heavy atom. The number of aromatic nitrogens is 2. The molecule has 1 aromatic heterocycles. The van der Waals surface area contributed by atoms with E-state index < -0.39 is 0 Å². The molecule has 2 N–H and O–H groups in total. The summed E-state index contributed by atoms with van der Waals surface area (Å²) in [5.41, 5.74) is 7.88. The van der Waals surface area contributed by atoms with E-state index in [4.69, 9.17) is 20.2 Å². The van der Waals surface area contributed by atoms with Crippen LogP contribution < -0.4 is 15.2 Å². The molecular formula is C15H21N3O2. The Balaban J connectivity index is 2.18. The zero-order valence-electron chi connectivity index (χ0n) is 12.2. The lowest BCUT2D eigenvalue weighted by molar-refractivity contribution is 0.174. The van der Waals surface area contributed by atoms with Gasteiger partial charge in [-0.15, -0.1) is 0 Å². The van der Waals surface area contributed by atoms with Crippen molar-refractivity contribution in [2.24, 2.45) is 11.7 Å². The minimum atomic E-state index is 0.217. The maximum absolute atomic E-state index is 5.86. The molecule has 0 aliphatic carbocycles. The van der Waals surface area contributed by atoms with Crippen molar-refractivity contribution in [1.82, 2.24) is 9.55 Å². The molecular weight excluding hydrogens is 254 g/mol. The van der Waals surface area contributed by atoms with Gasteiger partial charge < -0.3 is 19.8 Å². The molecule has 0 fully saturated rings. The van der Waals surface area contributed by atoms with Gasteiger partial charge in [0, 0.05) is 31.1 Å². The third-order valence-electron chi connectivity index (χ3n) is 3.63. The summed E-state index contributed by atoms with van der Waals surface area (Å²) in [6.07, 6.45) is 0.936. The number of imidazole rings is 1. The Hall–Kier alpha value is -1.75. The molecule has 20 heavy (non-hydrogen) atoms. The highest BCUT2D eigenvalue weighted by Crippen LogP contribution is 2.37. The van der Waals surface area contributed by atoms with Crippen LogP contribution in [-0.2, 0) is 6.42 Å². The van der Waals surface area contributed by atoms with Crippen molar-refractivity contribution in [3.8, 4) is 11.5 Å². The van der Waals surface area contributed by atoms with Crippen LogP contribution in [-0.4, -0.2) is 22.9 Å². The third kappa shape index (κ3) is 2.12. The van der Waals surface area contributed by atoms with Crippen molar-refractivity contribution < 1.29 is 9.47 Å². The Kier molecular flexibility index (Phi) is 3.30. The van der Waals surface area contributed by atoms with Gasteiger partial charge >= 0.3 is 0 Å². The summed E-state index contributed by atoms with van der Waals surface area (Å²) < 4.78 is 13.1. The van der Waals surface area contributed by atoms with Crippen LogP contribution >= 0.6 is 0 Å². The Morgan fingerprint density at radius 2 is 1.95 bits per heavy atom. The maximum Gasteiger partial charge on any atom is 0.231 e. The van der Waals surface area contributed by atoms with Crippen molar-refractivity contribution in [2.75, 3.05) is 13.3 Å². The second-order valence-electron chi connectivity index (χ2n) is 5.77. The summed E-state index contributed by atoms with van der Waals surface area (Å²) in [7, 11) is 0. The number of fused-ring (bicyclic) bond motifs is 2. The van der Waals surface area contributed by atoms with Gasteiger partial charge in [-0.1, -0.05) is 13.8 Å². The molecule has 1 unspecified atom stereocenters. The van der Waals surface area contributed by atoms with Crippen LogP contribution in [0.1, 0.15) is 32.6 Å². The molecule has 1 aliphatic heterocycles. The van der Waals surface area contributed by atoms with Crippen LogP contribution in [0.5, 0.6) is 11.5 Å². The van der Waals surface area contributed by atoms with Crippen molar-refractivity contribution in [2.45, 2.75) is 33.2 Å². The van der Waals surface area contributed by atoms with E-state index in [1.165, 1.54) is 0 Å². The summed E-state index contributed by atoms with van der Waals surface area (Å²) in [6, 6.07) is 4.19. The summed E-state index contributed by atoms with van der Waals surface area (Å²) in [5, 5.41) is 0. The van der Waals surface area contributed by atoms with Gasteiger partial charge in [0.2, 0.25) is 6.79 Å². The van der Waals surface area contributed by atoms with Crippen LogP contribution in [0.3, 0.4) is 0 Å². The van der Waals surface area contributed by atoms with Crippen LogP contribution in [0.4, 0.5) is 0 Å². The van der Waals surface area contributed by atoms with Crippen LogP contribution in [0.2, 0.25) is 0 Å². The number of hydrogen-bond donors (Lipinski definition) is 1. The molecule has 0 bridgehead atoms. The molecule has 108 valence electrons. The van der Waals surface area contributed by atoms with E-state index in [9.17, 15) is 0 Å². The second kappa shape index (κ2) is 4.98. The van der Waals surface area contributed by atoms with E-state index in [0.29, 0.717) is 12.5 Å². The van der Waals surface area contributed by atoms with Gasteiger partial charge in [0.15, 0.2) is 11.5 Å². The lowest BCUT2D eigenvalue weighted by atomic mass is 10.1. The highest BCUT2D eigenvalue weighted by molar-refractivity contribution is 5.81. The SMILES string of the molecule is CC(C)Cc1nc2cc3c(cc2n1C(C)CN)OCO3. The van der Waals surface area contributed by atoms with Gasteiger partial charge in [0.1, 0.15) is 5.82 Å². The minimum Gasteiger partial charge on any atom is -0.454 e. The summed E-state index contributed by atoms with van der Waals surface area (Å²) in [6.45, 7) is 7.39. The van der Waals surface area contributed by atoms with Gasteiger partial charge in [-0.05, 0) is 12.8 Å². The molecule has 1 atom stereocenters. The lowest BCUT2D eigenvalue weighted by Gasteiger charge is -2.16. The normalized spacial score (nSPS) is 15.2. The van der Waals surface area contributed by atoms with E-state index in [1.54, 1.807) is 0 Å². The molecule has 1 aliphatic rings.